The molecule has 0 aliphatic heterocycles. The molecule has 16 rings (SSSR count). The second-order valence-electron chi connectivity index (χ2n) is 36.3. The van der Waals surface area contributed by atoms with E-state index in [4.69, 9.17) is 13.3 Å². The van der Waals surface area contributed by atoms with Crippen molar-refractivity contribution < 1.29 is 13.3 Å². The van der Waals surface area contributed by atoms with Gasteiger partial charge in [0.2, 0.25) is 5.89 Å². The SMILES string of the molecule is CC(C)(C)c1ccc2[nH]c(=O)[nH]c2c1.CC(C)(C)c1ccc2[nH]c(=O)oc2c1.CC(C)(C)c1ccc2c3c([nH]c2c1)CCCC3.CC(C)(C)c1ccc2oc(-c3ccccc3)nc2c1.Cc1cc2cc(C(C)(C)C)ccc2[nH]1.Cc1cc2nc(C(C)(C)C)[nH]c2cc1C.Cn1c(=O)oc2ccc(C(C)(C)C)cc21. The van der Waals surface area contributed by atoms with Crippen molar-refractivity contribution in [3.05, 3.63) is 257 Å². The van der Waals surface area contributed by atoms with Crippen LogP contribution in [-0.2, 0) is 57.8 Å². The zero-order valence-electron chi connectivity index (χ0n) is 68.6. The Morgan fingerprint density at radius 1 is 0.380 bits per heavy atom. The topological polar surface area (TPSA) is 216 Å². The van der Waals surface area contributed by atoms with Gasteiger partial charge in [0.25, 0.3) is 0 Å². The van der Waals surface area contributed by atoms with Gasteiger partial charge in [-0.1, -0.05) is 206 Å². The lowest BCUT2D eigenvalue weighted by molar-refractivity contribution is 0.528. The first-order valence-electron chi connectivity index (χ1n) is 37.9. The van der Waals surface area contributed by atoms with E-state index in [0.717, 1.165) is 61.2 Å². The van der Waals surface area contributed by atoms with Gasteiger partial charge in [0.1, 0.15) is 11.3 Å². The van der Waals surface area contributed by atoms with E-state index in [0.29, 0.717) is 17.1 Å². The van der Waals surface area contributed by atoms with E-state index in [1.165, 1.54) is 102 Å². The third-order valence-corrected chi connectivity index (χ3v) is 20.0. The Bertz CT molecular complexity index is 5680. The number of nitrogens with zero attached hydrogens (tertiary/aromatic N) is 3. The number of aryl methyl sites for hydroxylation is 6. The fourth-order valence-corrected chi connectivity index (χ4v) is 12.9. The number of hydrogen-bond acceptors (Lipinski definition) is 8. The molecule has 0 radical (unpaired) electrons. The molecule has 0 bridgehead atoms. The number of rotatable bonds is 1. The maximum absolute atomic E-state index is 11.3. The van der Waals surface area contributed by atoms with Crippen LogP contribution in [-0.4, -0.2) is 44.4 Å². The molecule has 0 fully saturated rings. The number of benzene rings is 8. The molecular weight excluding hydrogens is 1340 g/mol. The lowest BCUT2D eigenvalue weighted by Crippen LogP contribution is -2.12. The standard InChI is InChI=1S/C17H17NO.C16H21N.C13H18N2.C13H17N.C12H15NO2.C11H14N2O.C11H13NO2/c1-17(2,3)13-9-10-15-14(11-13)18-16(19-15)12-7-5-4-6-8-12;1-16(2,3)11-8-9-13-12-6-4-5-7-14(12)17-15(13)10-11;1-8-6-10-11(7-9(8)2)15-12(14-10)13(3,4)5;1-9-7-10-8-11(13(2,3)4)5-6-12(10)14-9;1-12(2,3)8-5-6-10-9(7-8)13(4)11(14)15-10;1-11(2,3)7-4-5-8-9(6-7)13-10(14)12-8;1-11(2,3)7-4-5-8-9(6-7)14-10(13)12-8/h4-11H,1-3H3;8-10,17H,4-7H2,1-3H3;6-7H,1-5H3,(H,14,15);5-8,14H,1-4H3;5-7H,1-4H3;4-6H,1-3H3,(H2,12,13,14);4-6H,1-3H3,(H,12,13). The molecule has 6 N–H and O–H groups in total. The maximum atomic E-state index is 11.3. The predicted octanol–water partition coefficient (Wildman–Crippen LogP) is 23.4. The van der Waals surface area contributed by atoms with Crippen molar-refractivity contribution in [1.29, 1.82) is 0 Å². The highest BCUT2D eigenvalue weighted by atomic mass is 16.4. The number of hydrogen-bond donors (Lipinski definition) is 6. The summed E-state index contributed by atoms with van der Waals surface area (Å²) >= 11 is 0. The molecule has 15 nitrogen and oxygen atoms in total. The quantitative estimate of drug-likeness (QED) is 0.0927. The lowest BCUT2D eigenvalue weighted by atomic mass is 9.86. The van der Waals surface area contributed by atoms with E-state index in [1.54, 1.807) is 12.6 Å². The van der Waals surface area contributed by atoms with Gasteiger partial charge in [-0.15, -0.1) is 0 Å². The summed E-state index contributed by atoms with van der Waals surface area (Å²) in [6.07, 6.45) is 5.17. The summed E-state index contributed by atoms with van der Waals surface area (Å²) in [5.41, 5.74) is 27.6. The van der Waals surface area contributed by atoms with Crippen molar-refractivity contribution in [3.63, 3.8) is 0 Å². The van der Waals surface area contributed by atoms with Gasteiger partial charge < -0.3 is 38.2 Å². The molecule has 7 heterocycles. The first-order chi connectivity index (χ1) is 50.3. The average Bonchev–Trinajstić information content (AvgIpc) is 1.63. The van der Waals surface area contributed by atoms with E-state index in [1.807, 2.05) is 91.0 Å². The lowest BCUT2D eigenvalue weighted by Gasteiger charge is -2.18. The van der Waals surface area contributed by atoms with Crippen molar-refractivity contribution in [3.8, 4) is 11.5 Å². The molecule has 15 heteroatoms. The highest BCUT2D eigenvalue weighted by Crippen LogP contribution is 2.35. The molecule has 1 aliphatic rings. The van der Waals surface area contributed by atoms with Gasteiger partial charge in [-0.2, -0.15) is 0 Å². The monoisotopic (exact) mass is 1450 g/mol. The normalized spacial score (nSPS) is 12.8. The molecule has 568 valence electrons. The van der Waals surface area contributed by atoms with Gasteiger partial charge in [0.15, 0.2) is 16.7 Å². The summed E-state index contributed by atoms with van der Waals surface area (Å²) in [6, 6.07) is 54.0. The molecule has 108 heavy (non-hydrogen) atoms. The predicted molar refractivity (Wildman–Crippen MR) is 451 cm³/mol. The largest absolute Gasteiger partial charge is 0.436 e. The number of fused-ring (bicyclic) bond motifs is 9. The van der Waals surface area contributed by atoms with Crippen molar-refractivity contribution in [2.75, 3.05) is 0 Å². The minimum absolute atomic E-state index is 0.0734. The second kappa shape index (κ2) is 31.1. The van der Waals surface area contributed by atoms with Gasteiger partial charge in [0.05, 0.1) is 33.1 Å². The molecule has 0 atom stereocenters. The Labute approximate surface area is 636 Å². The van der Waals surface area contributed by atoms with E-state index >= 15 is 0 Å². The Morgan fingerprint density at radius 2 is 0.898 bits per heavy atom. The van der Waals surface area contributed by atoms with Gasteiger partial charge in [-0.05, 0) is 231 Å². The minimum Gasteiger partial charge on any atom is -0.436 e. The van der Waals surface area contributed by atoms with Crippen molar-refractivity contribution in [2.24, 2.45) is 7.05 Å². The zero-order valence-corrected chi connectivity index (χ0v) is 68.6. The molecule has 7 aromatic heterocycles. The first-order valence-corrected chi connectivity index (χ1v) is 37.9. The molecule has 15 aromatic rings. The molecule has 1 aliphatic carbocycles. The van der Waals surface area contributed by atoms with E-state index in [9.17, 15) is 14.4 Å². The third kappa shape index (κ3) is 19.7. The van der Waals surface area contributed by atoms with Crippen LogP contribution in [0, 0.1) is 20.8 Å². The van der Waals surface area contributed by atoms with Crippen LogP contribution in [0.2, 0.25) is 0 Å². The molecule has 8 aromatic carbocycles. The molecule has 0 spiro atoms. The number of imidazole rings is 2. The Hall–Kier alpha value is -10.4. The molecule has 0 unspecified atom stereocenters. The van der Waals surface area contributed by atoms with E-state index in [-0.39, 0.29) is 49.4 Å². The molecular formula is C93H115N9O6. The van der Waals surface area contributed by atoms with Crippen LogP contribution in [0.15, 0.2) is 185 Å². The van der Waals surface area contributed by atoms with Gasteiger partial charge in [0, 0.05) is 45.8 Å². The Balaban J connectivity index is 0.000000135. The summed E-state index contributed by atoms with van der Waals surface area (Å²) in [7, 11) is 1.72. The Morgan fingerprint density at radius 3 is 1.52 bits per heavy atom. The van der Waals surface area contributed by atoms with Crippen LogP contribution >= 0.6 is 0 Å². The van der Waals surface area contributed by atoms with Gasteiger partial charge in [-0.25, -0.2) is 24.4 Å². The fourth-order valence-electron chi connectivity index (χ4n) is 12.9. The van der Waals surface area contributed by atoms with Crippen LogP contribution in [0.5, 0.6) is 0 Å². The number of oxazole rings is 3. The van der Waals surface area contributed by atoms with Crippen LogP contribution < -0.4 is 17.2 Å². The van der Waals surface area contributed by atoms with E-state index in [2.05, 4.69) is 273 Å². The summed E-state index contributed by atoms with van der Waals surface area (Å²) < 4.78 is 17.4. The van der Waals surface area contributed by atoms with Gasteiger partial charge in [-0.3, -0.25) is 9.55 Å². The third-order valence-electron chi connectivity index (χ3n) is 20.0. The highest BCUT2D eigenvalue weighted by Gasteiger charge is 2.23. The maximum Gasteiger partial charge on any atom is 0.419 e. The highest BCUT2D eigenvalue weighted by molar-refractivity contribution is 5.86. The minimum atomic E-state index is -0.397. The number of nitrogens with one attached hydrogen (secondary N) is 6. The van der Waals surface area contributed by atoms with Crippen molar-refractivity contribution in [2.45, 2.75) is 230 Å². The fraction of sp³-hybridized carbons (Fsp3) is 0.387. The van der Waals surface area contributed by atoms with Crippen molar-refractivity contribution >= 4 is 77.2 Å². The van der Waals surface area contributed by atoms with Crippen LogP contribution in [0.25, 0.3) is 88.6 Å². The first kappa shape index (κ1) is 80.1. The van der Waals surface area contributed by atoms with E-state index < -0.39 is 5.76 Å². The van der Waals surface area contributed by atoms with Crippen LogP contribution in [0.3, 0.4) is 0 Å². The summed E-state index contributed by atoms with van der Waals surface area (Å²) in [5, 5.41) is 2.77. The summed E-state index contributed by atoms with van der Waals surface area (Å²) in [5.74, 6) is 1.03. The summed E-state index contributed by atoms with van der Waals surface area (Å²) in [4.78, 5) is 60.9. The molecule has 0 amide bonds. The Kier molecular flexibility index (Phi) is 23.0. The van der Waals surface area contributed by atoms with Crippen LogP contribution in [0.1, 0.15) is 226 Å². The summed E-state index contributed by atoms with van der Waals surface area (Å²) in [6.45, 7) is 52.3. The molecule has 0 saturated carbocycles. The van der Waals surface area contributed by atoms with Gasteiger partial charge >= 0.3 is 17.2 Å². The average molecular weight is 1450 g/mol. The zero-order chi connectivity index (χ0) is 79.0. The smallest absolute Gasteiger partial charge is 0.419 e. The number of H-pyrrole nitrogens is 6. The molecule has 0 saturated heterocycles. The second-order valence-corrected chi connectivity index (χ2v) is 36.3. The van der Waals surface area contributed by atoms with Crippen LogP contribution in [0.4, 0.5) is 0 Å². The van der Waals surface area contributed by atoms with Crippen molar-refractivity contribution in [1.82, 2.24) is 44.4 Å². The number of aromatic nitrogens is 9. The number of aromatic amines is 6.